The van der Waals surface area contributed by atoms with E-state index in [1.807, 2.05) is 31.2 Å². The largest absolute Gasteiger partial charge is 0.287 e. The molecule has 0 saturated heterocycles. The van der Waals surface area contributed by atoms with Crippen molar-refractivity contribution in [1.82, 2.24) is 9.78 Å². The first-order valence-corrected chi connectivity index (χ1v) is 7.94. The van der Waals surface area contributed by atoms with Crippen molar-refractivity contribution in [2.24, 2.45) is 0 Å². The molecule has 0 radical (unpaired) electrons. The summed E-state index contributed by atoms with van der Waals surface area (Å²) >= 11 is 5.15. The highest BCUT2D eigenvalue weighted by Crippen LogP contribution is 2.22. The maximum Gasteiger partial charge on any atom is 0.212 e. The molecule has 19 heavy (non-hydrogen) atoms. The summed E-state index contributed by atoms with van der Waals surface area (Å²) in [5.74, 6) is 1.03. The number of thioether (sulfide) groups is 1. The summed E-state index contributed by atoms with van der Waals surface area (Å²) < 4.78 is 2.45. The van der Waals surface area contributed by atoms with E-state index in [0.29, 0.717) is 17.8 Å². The van der Waals surface area contributed by atoms with Crippen molar-refractivity contribution in [2.75, 3.05) is 5.75 Å². The van der Waals surface area contributed by atoms with Gasteiger partial charge in [0.2, 0.25) is 5.78 Å². The second-order valence-corrected chi connectivity index (χ2v) is 6.14. The van der Waals surface area contributed by atoms with E-state index in [1.54, 1.807) is 22.6 Å². The van der Waals surface area contributed by atoms with Gasteiger partial charge in [0, 0.05) is 17.0 Å². The minimum atomic E-state index is -0.000673. The number of carbonyl (C=O) groups excluding carboxylic acids is 1. The SMILES string of the molecule is CCSc1ccc(C(=O)c2c(Br)cnn2CC)cc1. The van der Waals surface area contributed by atoms with E-state index < -0.39 is 0 Å². The maximum atomic E-state index is 12.5. The smallest absolute Gasteiger partial charge is 0.212 e. The van der Waals surface area contributed by atoms with E-state index in [-0.39, 0.29) is 5.78 Å². The quantitative estimate of drug-likeness (QED) is 0.610. The molecule has 100 valence electrons. The maximum absolute atomic E-state index is 12.5. The van der Waals surface area contributed by atoms with Crippen molar-refractivity contribution in [1.29, 1.82) is 0 Å². The molecule has 2 rings (SSSR count). The summed E-state index contributed by atoms with van der Waals surface area (Å²) in [5, 5.41) is 4.17. The Bertz CT molecular complexity index is 578. The van der Waals surface area contributed by atoms with E-state index in [4.69, 9.17) is 0 Å². The lowest BCUT2D eigenvalue weighted by Crippen LogP contribution is -2.11. The van der Waals surface area contributed by atoms with Crippen molar-refractivity contribution in [3.8, 4) is 0 Å². The number of halogens is 1. The second-order valence-electron chi connectivity index (χ2n) is 3.94. The van der Waals surface area contributed by atoms with Gasteiger partial charge in [0.15, 0.2) is 0 Å². The zero-order chi connectivity index (χ0) is 13.8. The molecule has 0 aliphatic carbocycles. The molecular formula is C14H15BrN2OS. The molecule has 3 nitrogen and oxygen atoms in total. The van der Waals surface area contributed by atoms with Gasteiger partial charge in [0.1, 0.15) is 5.69 Å². The molecule has 5 heteroatoms. The van der Waals surface area contributed by atoms with Crippen molar-refractivity contribution in [3.05, 3.63) is 46.2 Å². The van der Waals surface area contributed by atoms with Crippen LogP contribution in [0.4, 0.5) is 0 Å². The molecule has 0 amide bonds. The molecule has 0 bridgehead atoms. The molecule has 0 atom stereocenters. The van der Waals surface area contributed by atoms with E-state index in [2.05, 4.69) is 28.0 Å². The first kappa shape index (κ1) is 14.3. The third kappa shape index (κ3) is 3.09. The normalized spacial score (nSPS) is 10.7. The fraction of sp³-hybridized carbons (Fsp3) is 0.286. The number of rotatable bonds is 5. The lowest BCUT2D eigenvalue weighted by Gasteiger charge is -2.06. The van der Waals surface area contributed by atoms with Crippen molar-refractivity contribution < 1.29 is 4.79 Å². The van der Waals surface area contributed by atoms with Crippen LogP contribution in [0.1, 0.15) is 29.9 Å². The van der Waals surface area contributed by atoms with Crippen LogP contribution in [0.25, 0.3) is 0 Å². The molecule has 0 unspecified atom stereocenters. The van der Waals surface area contributed by atoms with E-state index in [9.17, 15) is 4.79 Å². The topological polar surface area (TPSA) is 34.9 Å². The minimum Gasteiger partial charge on any atom is -0.287 e. The van der Waals surface area contributed by atoms with E-state index in [1.165, 1.54) is 4.90 Å². The minimum absolute atomic E-state index is 0.000673. The van der Waals surface area contributed by atoms with Crippen LogP contribution < -0.4 is 0 Å². The van der Waals surface area contributed by atoms with Crippen LogP contribution in [0.2, 0.25) is 0 Å². The number of aromatic nitrogens is 2. The standard InChI is InChI=1S/C14H15BrN2OS/c1-3-17-13(12(15)9-16-17)14(18)10-5-7-11(8-6-10)19-4-2/h5-9H,3-4H2,1-2H3. The van der Waals surface area contributed by atoms with Gasteiger partial charge < -0.3 is 0 Å². The molecule has 0 aliphatic rings. The fourth-order valence-electron chi connectivity index (χ4n) is 1.83. The van der Waals surface area contributed by atoms with E-state index >= 15 is 0 Å². The van der Waals surface area contributed by atoms with Gasteiger partial charge in [-0.2, -0.15) is 5.10 Å². The average Bonchev–Trinajstić information content (AvgIpc) is 2.80. The molecule has 1 aromatic carbocycles. The average molecular weight is 339 g/mol. The molecule has 1 aromatic heterocycles. The zero-order valence-electron chi connectivity index (χ0n) is 10.9. The molecular weight excluding hydrogens is 324 g/mol. The molecule has 0 aliphatic heterocycles. The summed E-state index contributed by atoms with van der Waals surface area (Å²) in [4.78, 5) is 13.7. The van der Waals surface area contributed by atoms with Crippen LogP contribution in [-0.2, 0) is 6.54 Å². The van der Waals surface area contributed by atoms with Gasteiger partial charge in [-0.3, -0.25) is 9.48 Å². The monoisotopic (exact) mass is 338 g/mol. The van der Waals surface area contributed by atoms with Gasteiger partial charge in [0.05, 0.1) is 10.7 Å². The Morgan fingerprint density at radius 3 is 2.58 bits per heavy atom. The first-order chi connectivity index (χ1) is 9.17. The van der Waals surface area contributed by atoms with Crippen LogP contribution >= 0.6 is 27.7 Å². The Kier molecular flexibility index (Phi) is 4.82. The van der Waals surface area contributed by atoms with Crippen molar-refractivity contribution in [2.45, 2.75) is 25.3 Å². The van der Waals surface area contributed by atoms with Crippen LogP contribution in [0.15, 0.2) is 39.8 Å². The van der Waals surface area contributed by atoms with E-state index in [0.717, 1.165) is 10.2 Å². The Balaban J connectivity index is 2.30. The molecule has 0 fully saturated rings. The number of ketones is 1. The third-order valence-corrected chi connectivity index (χ3v) is 4.21. The van der Waals surface area contributed by atoms with Crippen molar-refractivity contribution in [3.63, 3.8) is 0 Å². The Hall–Kier alpha value is -1.07. The lowest BCUT2D eigenvalue weighted by molar-refractivity contribution is 0.102. The number of benzene rings is 1. The number of hydrogen-bond acceptors (Lipinski definition) is 3. The number of hydrogen-bond donors (Lipinski definition) is 0. The number of aryl methyl sites for hydroxylation is 1. The summed E-state index contributed by atoms with van der Waals surface area (Å²) in [7, 11) is 0. The fourth-order valence-corrected chi connectivity index (χ4v) is 2.97. The van der Waals surface area contributed by atoms with Gasteiger partial charge in [-0.15, -0.1) is 11.8 Å². The van der Waals surface area contributed by atoms with Gasteiger partial charge >= 0.3 is 0 Å². The highest BCUT2D eigenvalue weighted by molar-refractivity contribution is 9.10. The molecule has 0 saturated carbocycles. The summed E-state index contributed by atoms with van der Waals surface area (Å²) in [6.07, 6.45) is 1.66. The molecule has 2 aromatic rings. The predicted octanol–water partition coefficient (Wildman–Crippen LogP) is 4.01. The van der Waals surface area contributed by atoms with Crippen LogP contribution in [0.5, 0.6) is 0 Å². The number of nitrogens with zero attached hydrogens (tertiary/aromatic N) is 2. The Morgan fingerprint density at radius 1 is 1.32 bits per heavy atom. The molecule has 0 N–H and O–H groups in total. The summed E-state index contributed by atoms with van der Waals surface area (Å²) in [6.45, 7) is 4.76. The third-order valence-electron chi connectivity index (χ3n) is 2.74. The van der Waals surface area contributed by atoms with Gasteiger partial charge in [-0.1, -0.05) is 6.92 Å². The highest BCUT2D eigenvalue weighted by Gasteiger charge is 2.18. The highest BCUT2D eigenvalue weighted by atomic mass is 79.9. The molecule has 1 heterocycles. The first-order valence-electron chi connectivity index (χ1n) is 6.16. The van der Waals surface area contributed by atoms with Crippen LogP contribution in [0, 0.1) is 0 Å². The number of carbonyl (C=O) groups is 1. The zero-order valence-corrected chi connectivity index (χ0v) is 13.3. The van der Waals surface area contributed by atoms with Gasteiger partial charge in [-0.25, -0.2) is 0 Å². The van der Waals surface area contributed by atoms with Gasteiger partial charge in [0.25, 0.3) is 0 Å². The van der Waals surface area contributed by atoms with Gasteiger partial charge in [-0.05, 0) is 52.9 Å². The van der Waals surface area contributed by atoms with Crippen LogP contribution in [-0.4, -0.2) is 21.3 Å². The second kappa shape index (κ2) is 6.39. The predicted molar refractivity (Wildman–Crippen MR) is 81.9 cm³/mol. The lowest BCUT2D eigenvalue weighted by atomic mass is 10.1. The van der Waals surface area contributed by atoms with Crippen molar-refractivity contribution >= 4 is 33.5 Å². The Labute approximate surface area is 125 Å². The Morgan fingerprint density at radius 2 is 2.00 bits per heavy atom. The van der Waals surface area contributed by atoms with Crippen LogP contribution in [0.3, 0.4) is 0 Å². The molecule has 0 spiro atoms. The summed E-state index contributed by atoms with van der Waals surface area (Å²) in [6, 6.07) is 7.73. The summed E-state index contributed by atoms with van der Waals surface area (Å²) in [5.41, 5.74) is 1.30.